The first-order chi connectivity index (χ1) is 13.0. The van der Waals surface area contributed by atoms with Crippen molar-refractivity contribution in [3.05, 3.63) is 65.1 Å². The Morgan fingerprint density at radius 2 is 1.74 bits per heavy atom. The van der Waals surface area contributed by atoms with E-state index in [0.717, 1.165) is 22.8 Å². The lowest BCUT2D eigenvalue weighted by Crippen LogP contribution is -2.18. The molecule has 0 spiro atoms. The minimum absolute atomic E-state index is 0.244. The molecule has 0 saturated heterocycles. The fraction of sp³-hybridized carbons (Fsp3) is 0.250. The third-order valence-electron chi connectivity index (χ3n) is 3.89. The molecule has 0 aliphatic rings. The molecule has 0 saturated carbocycles. The fourth-order valence-corrected chi connectivity index (χ4v) is 2.72. The second-order valence-electron chi connectivity index (χ2n) is 6.07. The van der Waals surface area contributed by atoms with E-state index in [1.165, 1.54) is 0 Å². The van der Waals surface area contributed by atoms with Gasteiger partial charge in [-0.15, -0.1) is 0 Å². The van der Waals surface area contributed by atoms with Gasteiger partial charge in [0.15, 0.2) is 0 Å². The van der Waals surface area contributed by atoms with Crippen LogP contribution in [0.1, 0.15) is 29.6 Å². The summed E-state index contributed by atoms with van der Waals surface area (Å²) < 4.78 is 13.0. The average Bonchev–Trinajstić information content (AvgIpc) is 2.97. The van der Waals surface area contributed by atoms with Crippen LogP contribution < -0.4 is 9.47 Å². The topological polar surface area (TPSA) is 81.8 Å². The Kier molecular flexibility index (Phi) is 5.40. The normalized spacial score (nSPS) is 11.5. The number of aromatic nitrogens is 3. The van der Waals surface area contributed by atoms with Crippen molar-refractivity contribution in [2.75, 3.05) is 6.61 Å². The van der Waals surface area contributed by atoms with Crippen molar-refractivity contribution < 1.29 is 14.7 Å². The Bertz CT molecular complexity index is 962. The zero-order valence-electron chi connectivity index (χ0n) is 15.8. The molecule has 0 bridgehead atoms. The molecule has 140 valence electrons. The van der Waals surface area contributed by atoms with Crippen LogP contribution in [0.3, 0.4) is 0 Å². The highest BCUT2D eigenvalue weighted by Crippen LogP contribution is 2.27. The van der Waals surface area contributed by atoms with Gasteiger partial charge in [0.05, 0.1) is 17.9 Å². The highest BCUT2D eigenvalue weighted by Gasteiger charge is 2.18. The van der Waals surface area contributed by atoms with Crippen LogP contribution in [0, 0.1) is 20.8 Å². The smallest absolute Gasteiger partial charge is 0.230 e. The van der Waals surface area contributed by atoms with Crippen LogP contribution in [0.15, 0.2) is 47.6 Å². The molecule has 0 aliphatic heterocycles. The van der Waals surface area contributed by atoms with Gasteiger partial charge in [0.1, 0.15) is 11.5 Å². The fourth-order valence-electron chi connectivity index (χ4n) is 2.72. The number of ether oxygens (including phenoxy) is 2. The maximum atomic E-state index is 9.65. The van der Waals surface area contributed by atoms with Crippen molar-refractivity contribution in [3.63, 3.8) is 0 Å². The predicted molar refractivity (Wildman–Crippen MR) is 102 cm³/mol. The Hall–Kier alpha value is -3.35. The van der Waals surface area contributed by atoms with Gasteiger partial charge in [0, 0.05) is 11.4 Å². The van der Waals surface area contributed by atoms with Crippen LogP contribution in [0.2, 0.25) is 0 Å². The zero-order valence-corrected chi connectivity index (χ0v) is 15.8. The van der Waals surface area contributed by atoms with Crippen molar-refractivity contribution >= 4 is 5.84 Å². The number of nitrogens with zero attached hydrogens (tertiary/aromatic N) is 4. The molecule has 27 heavy (non-hydrogen) atoms. The summed E-state index contributed by atoms with van der Waals surface area (Å²) in [4.78, 5) is 4.47. The van der Waals surface area contributed by atoms with Gasteiger partial charge in [-0.25, -0.2) is 9.67 Å². The highest BCUT2D eigenvalue weighted by atomic mass is 16.5. The van der Waals surface area contributed by atoms with Gasteiger partial charge in [0.25, 0.3) is 0 Å². The van der Waals surface area contributed by atoms with Crippen molar-refractivity contribution in [2.45, 2.75) is 27.7 Å². The highest BCUT2D eigenvalue weighted by molar-refractivity contribution is 6.01. The first kappa shape index (κ1) is 18.4. The molecule has 1 aromatic carbocycles. The number of hydrogen-bond donors (Lipinski definition) is 1. The van der Waals surface area contributed by atoms with Crippen LogP contribution in [-0.2, 0) is 0 Å². The molecule has 0 fully saturated rings. The largest absolute Gasteiger partial charge is 0.494 e. The van der Waals surface area contributed by atoms with Gasteiger partial charge in [-0.05, 0) is 70.2 Å². The van der Waals surface area contributed by atoms with Crippen molar-refractivity contribution in [1.82, 2.24) is 14.8 Å². The summed E-state index contributed by atoms with van der Waals surface area (Å²) in [5.41, 5.74) is 2.98. The minimum Gasteiger partial charge on any atom is -0.494 e. The first-order valence-corrected chi connectivity index (χ1v) is 8.66. The zero-order chi connectivity index (χ0) is 19.4. The molecule has 3 rings (SSSR count). The van der Waals surface area contributed by atoms with E-state index in [2.05, 4.69) is 15.2 Å². The summed E-state index contributed by atoms with van der Waals surface area (Å²) in [5.74, 6) is 1.94. The Balaban J connectivity index is 1.98. The standard InChI is InChI=1S/C20H22N4O3/c1-5-26-16-7-9-17(10-8-16)27-20-18(11-6-13(2)21-20)19(23-25)24-15(4)12-14(3)22-24/h6-12,25H,5H2,1-4H3/b23-19-. The number of oxime groups is 1. The lowest BCUT2D eigenvalue weighted by atomic mass is 10.2. The average molecular weight is 366 g/mol. The molecule has 0 amide bonds. The predicted octanol–water partition coefficient (Wildman–Crippen LogP) is 4.08. The van der Waals surface area contributed by atoms with Gasteiger partial charge in [-0.3, -0.25) is 0 Å². The maximum absolute atomic E-state index is 9.65. The molecule has 0 atom stereocenters. The van der Waals surface area contributed by atoms with E-state index < -0.39 is 0 Å². The molecule has 7 heteroatoms. The number of benzene rings is 1. The van der Waals surface area contributed by atoms with Crippen molar-refractivity contribution in [2.24, 2.45) is 5.16 Å². The van der Waals surface area contributed by atoms with Crippen LogP contribution in [0.5, 0.6) is 17.4 Å². The molecular formula is C20H22N4O3. The lowest BCUT2D eigenvalue weighted by molar-refractivity contribution is 0.316. The van der Waals surface area contributed by atoms with Gasteiger partial charge in [-0.2, -0.15) is 5.10 Å². The van der Waals surface area contributed by atoms with E-state index in [1.807, 2.05) is 52.0 Å². The van der Waals surface area contributed by atoms with Crippen molar-refractivity contribution in [3.8, 4) is 17.4 Å². The molecule has 7 nitrogen and oxygen atoms in total. The molecule has 2 heterocycles. The van der Waals surface area contributed by atoms with Crippen LogP contribution >= 0.6 is 0 Å². The van der Waals surface area contributed by atoms with E-state index in [4.69, 9.17) is 9.47 Å². The maximum Gasteiger partial charge on any atom is 0.230 e. The molecule has 0 unspecified atom stereocenters. The lowest BCUT2D eigenvalue weighted by Gasteiger charge is -2.13. The molecule has 2 aromatic heterocycles. The summed E-state index contributed by atoms with van der Waals surface area (Å²) in [5, 5.41) is 17.5. The van der Waals surface area contributed by atoms with Gasteiger partial charge < -0.3 is 14.7 Å². The molecule has 0 radical (unpaired) electrons. The minimum atomic E-state index is 0.244. The molecule has 3 aromatic rings. The number of aryl methyl sites for hydroxylation is 3. The van der Waals surface area contributed by atoms with Gasteiger partial charge in [0.2, 0.25) is 11.7 Å². The molecule has 0 aliphatic carbocycles. The van der Waals surface area contributed by atoms with Crippen LogP contribution in [0.25, 0.3) is 0 Å². The van der Waals surface area contributed by atoms with Crippen molar-refractivity contribution in [1.29, 1.82) is 0 Å². The summed E-state index contributed by atoms with van der Waals surface area (Å²) in [6.45, 7) is 8.17. The monoisotopic (exact) mass is 366 g/mol. The quantitative estimate of drug-likeness (QED) is 0.318. The van der Waals surface area contributed by atoms with E-state index in [0.29, 0.717) is 23.8 Å². The Morgan fingerprint density at radius 1 is 1.04 bits per heavy atom. The van der Waals surface area contributed by atoms with E-state index >= 15 is 0 Å². The first-order valence-electron chi connectivity index (χ1n) is 8.66. The van der Waals surface area contributed by atoms with E-state index in [1.54, 1.807) is 22.9 Å². The van der Waals surface area contributed by atoms with Crippen LogP contribution in [0.4, 0.5) is 0 Å². The Labute approximate surface area is 157 Å². The second kappa shape index (κ2) is 7.90. The van der Waals surface area contributed by atoms with Crippen LogP contribution in [-0.4, -0.2) is 32.4 Å². The number of pyridine rings is 1. The summed E-state index contributed by atoms with van der Waals surface area (Å²) in [7, 11) is 0. The Morgan fingerprint density at radius 3 is 2.33 bits per heavy atom. The van der Waals surface area contributed by atoms with Gasteiger partial charge >= 0.3 is 0 Å². The summed E-state index contributed by atoms with van der Waals surface area (Å²) in [6, 6.07) is 12.8. The third-order valence-corrected chi connectivity index (χ3v) is 3.89. The summed E-state index contributed by atoms with van der Waals surface area (Å²) in [6.07, 6.45) is 0. The SMILES string of the molecule is CCOc1ccc(Oc2nc(C)ccc2/C(=N/O)n2nc(C)cc2C)cc1. The van der Waals surface area contributed by atoms with E-state index in [-0.39, 0.29) is 5.84 Å². The van der Waals surface area contributed by atoms with E-state index in [9.17, 15) is 5.21 Å². The molecular weight excluding hydrogens is 344 g/mol. The van der Waals surface area contributed by atoms with Gasteiger partial charge in [-0.1, -0.05) is 5.16 Å². The number of rotatable bonds is 5. The second-order valence-corrected chi connectivity index (χ2v) is 6.07. The summed E-state index contributed by atoms with van der Waals surface area (Å²) >= 11 is 0. The number of hydrogen-bond acceptors (Lipinski definition) is 6. The third kappa shape index (κ3) is 4.08. The molecule has 1 N–H and O–H groups in total.